The minimum atomic E-state index is -4.78. The highest BCUT2D eigenvalue weighted by Gasteiger charge is 2.37. The van der Waals surface area contributed by atoms with Gasteiger partial charge in [0.2, 0.25) is 0 Å². The van der Waals surface area contributed by atoms with Gasteiger partial charge in [-0.2, -0.15) is 23.1 Å². The summed E-state index contributed by atoms with van der Waals surface area (Å²) >= 11 is 12.2. The molecular formula is C21H14Cl2F3N7O3. The number of hydrogen-bond donors (Lipinski definition) is 1. The van der Waals surface area contributed by atoms with Crippen molar-refractivity contribution in [1.82, 2.24) is 35.0 Å². The van der Waals surface area contributed by atoms with E-state index in [0.717, 1.165) is 4.68 Å². The summed E-state index contributed by atoms with van der Waals surface area (Å²) in [5, 5.41) is 23.8. The number of carbonyl (C=O) groups is 2. The van der Waals surface area contributed by atoms with Crippen LogP contribution in [0.1, 0.15) is 43.5 Å². The minimum Gasteiger partial charge on any atom is -0.478 e. The van der Waals surface area contributed by atoms with Gasteiger partial charge in [-0.25, -0.2) is 14.5 Å². The smallest absolute Gasteiger partial charge is 0.455 e. The maximum atomic E-state index is 13.4. The van der Waals surface area contributed by atoms with Crippen LogP contribution in [0.3, 0.4) is 0 Å². The zero-order valence-electron chi connectivity index (χ0n) is 18.2. The van der Waals surface area contributed by atoms with Crippen LogP contribution in [0.4, 0.5) is 13.2 Å². The lowest BCUT2D eigenvalue weighted by atomic mass is 9.96. The summed E-state index contributed by atoms with van der Waals surface area (Å²) in [4.78, 5) is 29.9. The van der Waals surface area contributed by atoms with Crippen LogP contribution in [0.2, 0.25) is 10.0 Å². The molecule has 0 aliphatic carbocycles. The van der Waals surface area contributed by atoms with Gasteiger partial charge in [0.15, 0.2) is 11.6 Å². The fourth-order valence-corrected chi connectivity index (χ4v) is 3.89. The Morgan fingerprint density at radius 2 is 1.89 bits per heavy atom. The summed E-state index contributed by atoms with van der Waals surface area (Å²) in [6.45, 7) is 1.27. The van der Waals surface area contributed by atoms with Crippen molar-refractivity contribution in [3.8, 4) is 5.82 Å². The third-order valence-electron chi connectivity index (χ3n) is 5.00. The number of nitrogens with zero attached hydrogens (tertiary/aromatic N) is 7. The first-order valence-corrected chi connectivity index (χ1v) is 10.8. The average Bonchev–Trinajstić information content (AvgIpc) is 3.43. The second kappa shape index (κ2) is 9.66. The number of pyridine rings is 1. The monoisotopic (exact) mass is 539 g/mol. The van der Waals surface area contributed by atoms with Crippen LogP contribution in [-0.4, -0.2) is 51.8 Å². The lowest BCUT2D eigenvalue weighted by Crippen LogP contribution is -2.15. The molecule has 0 atom stereocenters. The highest BCUT2D eigenvalue weighted by Crippen LogP contribution is 2.26. The van der Waals surface area contributed by atoms with Crippen molar-refractivity contribution in [2.45, 2.75) is 26.1 Å². The van der Waals surface area contributed by atoms with Gasteiger partial charge in [-0.05, 0) is 53.6 Å². The zero-order chi connectivity index (χ0) is 26.2. The number of aromatic carboxylic acids is 1. The van der Waals surface area contributed by atoms with Gasteiger partial charge in [-0.3, -0.25) is 4.79 Å². The van der Waals surface area contributed by atoms with E-state index in [9.17, 15) is 27.9 Å². The summed E-state index contributed by atoms with van der Waals surface area (Å²) in [6, 6.07) is 7.16. The van der Waals surface area contributed by atoms with Crippen molar-refractivity contribution in [1.29, 1.82) is 0 Å². The van der Waals surface area contributed by atoms with E-state index in [0.29, 0.717) is 10.4 Å². The molecule has 186 valence electrons. The molecule has 4 aromatic rings. The lowest BCUT2D eigenvalue weighted by Gasteiger charge is -2.11. The molecule has 10 nitrogen and oxygen atoms in total. The Hall–Kier alpha value is -3.84. The first-order valence-electron chi connectivity index (χ1n) is 10.0. The lowest BCUT2D eigenvalue weighted by molar-refractivity contribution is -0.145. The summed E-state index contributed by atoms with van der Waals surface area (Å²) in [5.41, 5.74) is 0.667. The van der Waals surface area contributed by atoms with E-state index in [4.69, 9.17) is 23.2 Å². The SMILES string of the molecule is Cc1cc(Cl)cc(C(=O)O)c1CC(=O)c1cc(Cn2nnc(C(F)(F)F)n2)nn1-c1ncccc1Cl. The molecule has 1 aromatic carbocycles. The fourth-order valence-electron chi connectivity index (χ4n) is 3.42. The third-order valence-corrected chi connectivity index (χ3v) is 5.51. The van der Waals surface area contributed by atoms with Crippen molar-refractivity contribution in [2.75, 3.05) is 0 Å². The highest BCUT2D eigenvalue weighted by atomic mass is 35.5. The van der Waals surface area contributed by atoms with Crippen molar-refractivity contribution in [3.63, 3.8) is 0 Å². The van der Waals surface area contributed by atoms with Crippen LogP contribution in [0.25, 0.3) is 5.82 Å². The molecule has 0 aliphatic rings. The van der Waals surface area contributed by atoms with E-state index in [1.54, 1.807) is 13.0 Å². The number of alkyl halides is 3. The van der Waals surface area contributed by atoms with E-state index >= 15 is 0 Å². The van der Waals surface area contributed by atoms with E-state index in [-0.39, 0.29) is 51.3 Å². The Kier molecular flexibility index (Phi) is 6.78. The molecule has 0 fully saturated rings. The molecule has 3 aromatic heterocycles. The van der Waals surface area contributed by atoms with Gasteiger partial charge in [0, 0.05) is 17.6 Å². The number of rotatable bonds is 7. The Bertz CT molecular complexity index is 1480. The van der Waals surface area contributed by atoms with E-state index in [1.165, 1.54) is 30.5 Å². The van der Waals surface area contributed by atoms with Gasteiger partial charge in [0.1, 0.15) is 12.2 Å². The zero-order valence-corrected chi connectivity index (χ0v) is 19.7. The third kappa shape index (κ3) is 5.21. The number of aryl methyl sites for hydroxylation is 1. The van der Waals surface area contributed by atoms with Crippen LogP contribution in [0, 0.1) is 6.92 Å². The first kappa shape index (κ1) is 25.3. The number of carboxylic acid groups (broad SMARTS) is 1. The minimum absolute atomic E-state index is 0.0348. The predicted octanol–water partition coefficient (Wildman–Crippen LogP) is 4.06. The molecule has 4 rings (SSSR count). The van der Waals surface area contributed by atoms with Gasteiger partial charge in [0.25, 0.3) is 5.82 Å². The summed E-state index contributed by atoms with van der Waals surface area (Å²) in [7, 11) is 0. The molecule has 0 amide bonds. The fraction of sp³-hybridized carbons (Fsp3) is 0.190. The second-order valence-electron chi connectivity index (χ2n) is 7.54. The van der Waals surface area contributed by atoms with Crippen LogP contribution in [0.5, 0.6) is 0 Å². The summed E-state index contributed by atoms with van der Waals surface area (Å²) in [6.07, 6.45) is -3.70. The molecule has 3 heterocycles. The van der Waals surface area contributed by atoms with Crippen molar-refractivity contribution in [2.24, 2.45) is 0 Å². The average molecular weight is 540 g/mol. The largest absolute Gasteiger partial charge is 0.478 e. The molecule has 0 bridgehead atoms. The van der Waals surface area contributed by atoms with Gasteiger partial charge in [-0.15, -0.1) is 10.2 Å². The molecule has 36 heavy (non-hydrogen) atoms. The summed E-state index contributed by atoms with van der Waals surface area (Å²) in [5.74, 6) is -3.15. The number of ketones is 1. The Morgan fingerprint density at radius 3 is 2.53 bits per heavy atom. The van der Waals surface area contributed by atoms with E-state index in [2.05, 4.69) is 25.5 Å². The maximum Gasteiger partial charge on any atom is 0.455 e. The molecule has 0 aliphatic heterocycles. The number of carbonyl (C=O) groups excluding carboxylic acids is 1. The predicted molar refractivity (Wildman–Crippen MR) is 119 cm³/mol. The molecular weight excluding hydrogens is 526 g/mol. The van der Waals surface area contributed by atoms with E-state index < -0.39 is 23.8 Å². The molecule has 0 spiro atoms. The van der Waals surface area contributed by atoms with Crippen LogP contribution < -0.4 is 0 Å². The molecule has 0 saturated carbocycles. The van der Waals surface area contributed by atoms with Gasteiger partial charge in [0.05, 0.1) is 16.3 Å². The Balaban J connectivity index is 1.75. The molecule has 0 saturated heterocycles. The maximum absolute atomic E-state index is 13.4. The normalized spacial score (nSPS) is 11.6. The van der Waals surface area contributed by atoms with Crippen LogP contribution in [-0.2, 0) is 19.1 Å². The molecule has 1 N–H and O–H groups in total. The van der Waals surface area contributed by atoms with Gasteiger partial charge < -0.3 is 5.11 Å². The number of Topliss-reactive ketones (excluding diaryl/α,β-unsaturated/α-hetero) is 1. The van der Waals surface area contributed by atoms with Crippen molar-refractivity contribution < 1.29 is 27.9 Å². The van der Waals surface area contributed by atoms with E-state index in [1.807, 2.05) is 0 Å². The number of tetrazole rings is 1. The first-order chi connectivity index (χ1) is 16.9. The number of hydrogen-bond acceptors (Lipinski definition) is 7. The second-order valence-corrected chi connectivity index (χ2v) is 8.38. The Labute approximate surface area is 210 Å². The number of carboxylic acids is 1. The highest BCUT2D eigenvalue weighted by molar-refractivity contribution is 6.32. The molecule has 0 radical (unpaired) electrons. The number of halogens is 5. The van der Waals surface area contributed by atoms with Crippen molar-refractivity contribution >= 4 is 35.0 Å². The number of benzene rings is 1. The topological polar surface area (TPSA) is 129 Å². The van der Waals surface area contributed by atoms with Gasteiger partial charge >= 0.3 is 12.1 Å². The summed E-state index contributed by atoms with van der Waals surface area (Å²) < 4.78 is 39.6. The van der Waals surface area contributed by atoms with Crippen LogP contribution in [0.15, 0.2) is 36.5 Å². The quantitative estimate of drug-likeness (QED) is 0.348. The molecule has 0 unspecified atom stereocenters. The molecule has 15 heteroatoms. The standard InChI is InChI=1S/C21H14Cl2F3N7O3/c1-10-5-11(22)6-14(19(35)36)13(10)8-17(34)16-7-12(9-32-30-20(28-31-32)21(24,25)26)29-33(16)18-15(23)3-2-4-27-18/h2-7H,8-9H2,1H3,(H,35,36). The van der Waals surface area contributed by atoms with Crippen LogP contribution >= 0.6 is 23.2 Å². The number of aromatic nitrogens is 7. The van der Waals surface area contributed by atoms with Gasteiger partial charge in [-0.1, -0.05) is 23.2 Å². The Morgan fingerprint density at radius 1 is 1.14 bits per heavy atom. The van der Waals surface area contributed by atoms with Crippen molar-refractivity contribution in [3.05, 3.63) is 80.5 Å².